The maximum Gasteiger partial charge on any atom is 0.227 e. The highest BCUT2D eigenvalue weighted by atomic mass is 19.1. The van der Waals surface area contributed by atoms with E-state index in [1.54, 1.807) is 19.2 Å². The summed E-state index contributed by atoms with van der Waals surface area (Å²) >= 11 is 0. The topological polar surface area (TPSA) is 58.6 Å². The van der Waals surface area contributed by atoms with Gasteiger partial charge in [0, 0.05) is 30.4 Å². The van der Waals surface area contributed by atoms with Crippen molar-refractivity contribution in [2.75, 3.05) is 25.5 Å². The minimum absolute atomic E-state index is 0.0677. The normalized spacial score (nSPS) is 14.6. The zero-order valence-electron chi connectivity index (χ0n) is 16.2. The lowest BCUT2D eigenvalue weighted by Gasteiger charge is -2.33. The zero-order valence-corrected chi connectivity index (χ0v) is 16.2. The molecule has 1 N–H and O–H groups in total. The number of methoxy groups -OCH3 is 1. The second kappa shape index (κ2) is 8.87. The molecule has 1 aliphatic rings. The maximum atomic E-state index is 14.0. The van der Waals surface area contributed by atoms with Crippen LogP contribution in [-0.2, 0) is 11.2 Å². The fourth-order valence-electron chi connectivity index (χ4n) is 3.62. The number of amides is 1. The molecule has 1 amide bonds. The molecule has 0 unspecified atom stereocenters. The van der Waals surface area contributed by atoms with Gasteiger partial charge in [-0.3, -0.25) is 9.59 Å². The van der Waals surface area contributed by atoms with Crippen LogP contribution in [-0.4, -0.2) is 42.8 Å². The van der Waals surface area contributed by atoms with Gasteiger partial charge in [0.1, 0.15) is 11.6 Å². The summed E-state index contributed by atoms with van der Waals surface area (Å²) in [5.41, 5.74) is 1.49. The van der Waals surface area contributed by atoms with Crippen molar-refractivity contribution in [3.8, 4) is 5.75 Å². The summed E-state index contributed by atoms with van der Waals surface area (Å²) in [6, 6.07) is 12.2. The van der Waals surface area contributed by atoms with Crippen molar-refractivity contribution >= 4 is 17.4 Å². The molecule has 1 heterocycles. The van der Waals surface area contributed by atoms with Crippen LogP contribution in [0, 0.1) is 5.82 Å². The minimum Gasteiger partial charge on any atom is -0.496 e. The Morgan fingerprint density at radius 2 is 1.86 bits per heavy atom. The molecule has 148 valence electrons. The summed E-state index contributed by atoms with van der Waals surface area (Å²) in [6.07, 6.45) is 1.79. The Morgan fingerprint density at radius 1 is 1.14 bits per heavy atom. The van der Waals surface area contributed by atoms with Gasteiger partial charge in [-0.15, -0.1) is 0 Å². The maximum absolute atomic E-state index is 14.0. The quantitative estimate of drug-likeness (QED) is 0.772. The number of carbonyl (C=O) groups excluding carboxylic acids is 2. The van der Waals surface area contributed by atoms with Crippen molar-refractivity contribution in [3.63, 3.8) is 0 Å². The first kappa shape index (κ1) is 19.9. The van der Waals surface area contributed by atoms with Crippen LogP contribution in [0.15, 0.2) is 42.5 Å². The van der Waals surface area contributed by atoms with Gasteiger partial charge in [-0.1, -0.05) is 24.3 Å². The molecular weight excluding hydrogens is 359 g/mol. The molecule has 6 heteroatoms. The number of hydrogen-bond donors (Lipinski definition) is 1. The highest BCUT2D eigenvalue weighted by Crippen LogP contribution is 2.24. The van der Waals surface area contributed by atoms with Gasteiger partial charge in [-0.2, -0.15) is 0 Å². The number of Topliss-reactive ketones (excluding diaryl/α,β-unsaturated/α-hetero) is 1. The van der Waals surface area contributed by atoms with Crippen molar-refractivity contribution in [3.05, 3.63) is 59.4 Å². The number of hydrogen-bond acceptors (Lipinski definition) is 4. The first-order valence-electron chi connectivity index (χ1n) is 9.45. The Kier molecular flexibility index (Phi) is 6.29. The Bertz CT molecular complexity index is 861. The van der Waals surface area contributed by atoms with Crippen LogP contribution in [0.5, 0.6) is 5.75 Å². The molecule has 28 heavy (non-hydrogen) atoms. The lowest BCUT2D eigenvalue weighted by molar-refractivity contribution is -0.131. The number of para-hydroxylation sites is 1. The van der Waals surface area contributed by atoms with Gasteiger partial charge in [0.15, 0.2) is 5.78 Å². The summed E-state index contributed by atoms with van der Waals surface area (Å²) in [4.78, 5) is 26.2. The highest BCUT2D eigenvalue weighted by Gasteiger charge is 2.24. The first-order chi connectivity index (χ1) is 13.5. The van der Waals surface area contributed by atoms with Gasteiger partial charge in [-0.25, -0.2) is 4.39 Å². The SMILES string of the molecule is COc1ccccc1CC(=O)N1CCC(Nc2cccc(F)c2C(C)=O)CC1. The third kappa shape index (κ3) is 4.50. The van der Waals surface area contributed by atoms with E-state index in [1.807, 2.05) is 29.2 Å². The van der Waals surface area contributed by atoms with Crippen molar-refractivity contribution in [1.29, 1.82) is 0 Å². The Morgan fingerprint density at radius 3 is 2.54 bits per heavy atom. The molecular formula is C22H25FN2O3. The van der Waals surface area contributed by atoms with E-state index in [1.165, 1.54) is 13.0 Å². The fourth-order valence-corrected chi connectivity index (χ4v) is 3.62. The minimum atomic E-state index is -0.512. The lowest BCUT2D eigenvalue weighted by Crippen LogP contribution is -2.43. The van der Waals surface area contributed by atoms with Crippen LogP contribution in [0.1, 0.15) is 35.7 Å². The third-order valence-corrected chi connectivity index (χ3v) is 5.11. The average Bonchev–Trinajstić information content (AvgIpc) is 2.68. The van der Waals surface area contributed by atoms with Crippen molar-refractivity contribution in [1.82, 2.24) is 4.90 Å². The number of nitrogens with zero attached hydrogens (tertiary/aromatic N) is 1. The highest BCUT2D eigenvalue weighted by molar-refractivity contribution is 5.99. The molecule has 1 saturated heterocycles. The third-order valence-electron chi connectivity index (χ3n) is 5.11. The van der Waals surface area contributed by atoms with E-state index in [0.29, 0.717) is 25.2 Å². The first-order valence-corrected chi connectivity index (χ1v) is 9.45. The molecule has 0 bridgehead atoms. The fraction of sp³-hybridized carbons (Fsp3) is 0.364. The Balaban J connectivity index is 1.58. The molecule has 0 spiro atoms. The summed E-state index contributed by atoms with van der Waals surface area (Å²) < 4.78 is 19.3. The Hall–Kier alpha value is -2.89. The molecule has 2 aromatic rings. The zero-order chi connectivity index (χ0) is 20.1. The molecule has 0 saturated carbocycles. The number of halogens is 1. The number of ketones is 1. The predicted molar refractivity (Wildman–Crippen MR) is 106 cm³/mol. The summed E-state index contributed by atoms with van der Waals surface area (Å²) in [5.74, 6) is -0.0275. The van der Waals surface area contributed by atoms with Crippen molar-refractivity contribution < 1.29 is 18.7 Å². The van der Waals surface area contributed by atoms with E-state index in [0.717, 1.165) is 24.2 Å². The number of benzene rings is 2. The Labute approximate surface area is 164 Å². The molecule has 0 atom stereocenters. The monoisotopic (exact) mass is 384 g/mol. The smallest absolute Gasteiger partial charge is 0.227 e. The molecule has 1 fully saturated rings. The van der Waals surface area contributed by atoms with Gasteiger partial charge < -0.3 is 15.0 Å². The van der Waals surface area contributed by atoms with Gasteiger partial charge in [0.05, 0.1) is 19.1 Å². The summed E-state index contributed by atoms with van der Waals surface area (Å²) in [6.45, 7) is 2.61. The molecule has 0 aromatic heterocycles. The number of rotatable bonds is 6. The molecule has 5 nitrogen and oxygen atoms in total. The van der Waals surface area contributed by atoms with Crippen LogP contribution >= 0.6 is 0 Å². The number of likely N-dealkylation sites (tertiary alicyclic amines) is 1. The van der Waals surface area contributed by atoms with Crippen LogP contribution in [0.3, 0.4) is 0 Å². The van der Waals surface area contributed by atoms with E-state index in [-0.39, 0.29) is 23.3 Å². The second-order valence-corrected chi connectivity index (χ2v) is 7.01. The number of carbonyl (C=O) groups is 2. The van der Waals surface area contributed by atoms with Crippen LogP contribution < -0.4 is 10.1 Å². The number of ether oxygens (including phenoxy) is 1. The predicted octanol–water partition coefficient (Wildman–Crippen LogP) is 3.68. The van der Waals surface area contributed by atoms with Crippen LogP contribution in [0.4, 0.5) is 10.1 Å². The van der Waals surface area contributed by atoms with E-state index in [9.17, 15) is 14.0 Å². The van der Waals surface area contributed by atoms with Crippen LogP contribution in [0.2, 0.25) is 0 Å². The molecule has 2 aromatic carbocycles. The summed E-state index contributed by atoms with van der Waals surface area (Å²) in [7, 11) is 1.60. The molecule has 3 rings (SSSR count). The van der Waals surface area contributed by atoms with E-state index >= 15 is 0 Å². The second-order valence-electron chi connectivity index (χ2n) is 7.01. The number of nitrogens with one attached hydrogen (secondary N) is 1. The van der Waals surface area contributed by atoms with Crippen LogP contribution in [0.25, 0.3) is 0 Å². The molecule has 1 aliphatic heterocycles. The van der Waals surface area contributed by atoms with Crippen molar-refractivity contribution in [2.24, 2.45) is 0 Å². The van der Waals surface area contributed by atoms with Gasteiger partial charge in [0.25, 0.3) is 0 Å². The van der Waals surface area contributed by atoms with E-state index < -0.39 is 5.82 Å². The lowest BCUT2D eigenvalue weighted by atomic mass is 10.0. The van der Waals surface area contributed by atoms with Gasteiger partial charge >= 0.3 is 0 Å². The standard InChI is InChI=1S/C22H25FN2O3/c1-15(26)22-18(23)7-5-8-19(22)24-17-10-12-25(13-11-17)21(27)14-16-6-3-4-9-20(16)28-2/h3-9,17,24H,10-14H2,1-2H3. The number of anilines is 1. The summed E-state index contributed by atoms with van der Waals surface area (Å²) in [5, 5.41) is 3.28. The average molecular weight is 384 g/mol. The van der Waals surface area contributed by atoms with E-state index in [4.69, 9.17) is 4.74 Å². The largest absolute Gasteiger partial charge is 0.496 e. The molecule has 0 radical (unpaired) electrons. The van der Waals surface area contributed by atoms with E-state index in [2.05, 4.69) is 5.32 Å². The van der Waals surface area contributed by atoms with Crippen molar-refractivity contribution in [2.45, 2.75) is 32.2 Å². The molecule has 0 aliphatic carbocycles. The van der Waals surface area contributed by atoms with Gasteiger partial charge in [-0.05, 0) is 38.0 Å². The van der Waals surface area contributed by atoms with Gasteiger partial charge in [0.2, 0.25) is 5.91 Å². The number of piperidine rings is 1.